The lowest BCUT2D eigenvalue weighted by atomic mass is 9.99. The summed E-state index contributed by atoms with van der Waals surface area (Å²) in [6, 6.07) is 7.98. The number of rotatable bonds is 5. The fourth-order valence-electron chi connectivity index (χ4n) is 2.08. The van der Waals surface area contributed by atoms with Gasteiger partial charge in [-0.1, -0.05) is 24.3 Å². The Morgan fingerprint density at radius 3 is 2.71 bits per heavy atom. The van der Waals surface area contributed by atoms with Gasteiger partial charge in [-0.3, -0.25) is 0 Å². The molecule has 0 amide bonds. The molecular weight excluding hydrogens is 216 g/mol. The molecule has 1 aliphatic rings. The van der Waals surface area contributed by atoms with E-state index in [-0.39, 0.29) is 5.97 Å². The van der Waals surface area contributed by atoms with E-state index in [0.29, 0.717) is 12.5 Å². The van der Waals surface area contributed by atoms with Crippen LogP contribution in [0.4, 0.5) is 0 Å². The number of hydrogen-bond donors (Lipinski definition) is 0. The Hall–Kier alpha value is -1.35. The van der Waals surface area contributed by atoms with E-state index in [1.807, 2.05) is 18.2 Å². The highest BCUT2D eigenvalue weighted by Gasteiger charge is 2.31. The summed E-state index contributed by atoms with van der Waals surface area (Å²) in [5.74, 6) is 0.293. The maximum atomic E-state index is 11.8. The van der Waals surface area contributed by atoms with Gasteiger partial charge in [0.15, 0.2) is 6.10 Å². The molecule has 0 saturated heterocycles. The largest absolute Gasteiger partial charge is 0.464 e. The first kappa shape index (κ1) is 12.1. The third-order valence-corrected chi connectivity index (χ3v) is 3.03. The van der Waals surface area contributed by atoms with E-state index in [2.05, 4.69) is 6.07 Å². The molecule has 0 N–H and O–H groups in total. The normalized spacial score (nSPS) is 16.6. The van der Waals surface area contributed by atoms with Gasteiger partial charge in [0.25, 0.3) is 0 Å². The minimum atomic E-state index is -0.591. The minimum absolute atomic E-state index is 0.303. The molecular formula is C14H18O3. The van der Waals surface area contributed by atoms with Crippen molar-refractivity contribution in [3.05, 3.63) is 35.4 Å². The number of carbonyl (C=O) groups is 1. The molecule has 0 spiro atoms. The maximum absolute atomic E-state index is 11.8. The van der Waals surface area contributed by atoms with Crippen LogP contribution in [0.15, 0.2) is 24.3 Å². The monoisotopic (exact) mass is 234 g/mol. The summed E-state index contributed by atoms with van der Waals surface area (Å²) in [5, 5.41) is 0. The van der Waals surface area contributed by atoms with Crippen molar-refractivity contribution >= 4 is 5.97 Å². The molecule has 17 heavy (non-hydrogen) atoms. The number of hydrogen-bond acceptors (Lipinski definition) is 3. The predicted molar refractivity (Wildman–Crippen MR) is 64.8 cm³/mol. The van der Waals surface area contributed by atoms with E-state index < -0.39 is 6.10 Å². The summed E-state index contributed by atoms with van der Waals surface area (Å²) in [7, 11) is 1.55. The first-order chi connectivity index (χ1) is 8.27. The molecule has 1 aromatic rings. The van der Waals surface area contributed by atoms with Gasteiger partial charge in [0.1, 0.15) is 0 Å². The lowest BCUT2D eigenvalue weighted by Crippen LogP contribution is -2.18. The Morgan fingerprint density at radius 2 is 2.12 bits per heavy atom. The molecule has 1 aromatic carbocycles. The van der Waals surface area contributed by atoms with Crippen LogP contribution in [0.1, 0.15) is 42.9 Å². The molecule has 3 heteroatoms. The Labute approximate surface area is 102 Å². The van der Waals surface area contributed by atoms with Gasteiger partial charge in [0, 0.05) is 7.11 Å². The number of benzene rings is 1. The molecule has 1 aliphatic carbocycles. The van der Waals surface area contributed by atoms with Gasteiger partial charge in [0.05, 0.1) is 6.61 Å². The zero-order valence-electron chi connectivity index (χ0n) is 10.3. The quantitative estimate of drug-likeness (QED) is 0.735. The summed E-state index contributed by atoms with van der Waals surface area (Å²) in [6.45, 7) is 2.18. The van der Waals surface area contributed by atoms with Gasteiger partial charge >= 0.3 is 5.97 Å². The Bertz CT molecular complexity index is 396. The van der Waals surface area contributed by atoms with Crippen LogP contribution in [0.5, 0.6) is 0 Å². The molecule has 0 bridgehead atoms. The van der Waals surface area contributed by atoms with Crippen LogP contribution >= 0.6 is 0 Å². The van der Waals surface area contributed by atoms with Crippen LogP contribution in [0.2, 0.25) is 0 Å². The van der Waals surface area contributed by atoms with Crippen molar-refractivity contribution in [1.29, 1.82) is 0 Å². The van der Waals surface area contributed by atoms with Gasteiger partial charge in [-0.05, 0) is 36.8 Å². The van der Waals surface area contributed by atoms with Crippen LogP contribution in [-0.4, -0.2) is 19.7 Å². The Morgan fingerprint density at radius 1 is 1.41 bits per heavy atom. The number of esters is 1. The topological polar surface area (TPSA) is 35.5 Å². The molecule has 2 rings (SSSR count). The van der Waals surface area contributed by atoms with E-state index >= 15 is 0 Å². The van der Waals surface area contributed by atoms with E-state index in [9.17, 15) is 4.79 Å². The van der Waals surface area contributed by atoms with Crippen LogP contribution in [-0.2, 0) is 14.3 Å². The highest BCUT2D eigenvalue weighted by Crippen LogP contribution is 2.43. The SMILES string of the molecule is CCOC(=O)C(OC)c1ccccc1C1CC1. The van der Waals surface area contributed by atoms with Gasteiger partial charge in [-0.2, -0.15) is 0 Å². The van der Waals surface area contributed by atoms with Crippen LogP contribution < -0.4 is 0 Å². The average Bonchev–Trinajstić information content (AvgIpc) is 3.15. The molecule has 0 aliphatic heterocycles. The lowest BCUT2D eigenvalue weighted by molar-refractivity contribution is -0.155. The van der Waals surface area contributed by atoms with Gasteiger partial charge in [-0.25, -0.2) is 4.79 Å². The Balaban J connectivity index is 2.26. The second kappa shape index (κ2) is 5.32. The summed E-state index contributed by atoms with van der Waals surface area (Å²) >= 11 is 0. The van der Waals surface area contributed by atoms with E-state index in [1.54, 1.807) is 14.0 Å². The molecule has 0 radical (unpaired) electrons. The van der Waals surface area contributed by atoms with Gasteiger partial charge in [0.2, 0.25) is 0 Å². The fraction of sp³-hybridized carbons (Fsp3) is 0.500. The molecule has 1 saturated carbocycles. The Kier molecular flexibility index (Phi) is 3.79. The second-order valence-corrected chi connectivity index (χ2v) is 4.27. The van der Waals surface area contributed by atoms with Crippen molar-refractivity contribution in [2.45, 2.75) is 31.8 Å². The molecule has 0 aromatic heterocycles. The number of ether oxygens (including phenoxy) is 2. The molecule has 3 nitrogen and oxygen atoms in total. The maximum Gasteiger partial charge on any atom is 0.339 e. The molecule has 1 fully saturated rings. The molecule has 1 unspecified atom stereocenters. The zero-order valence-corrected chi connectivity index (χ0v) is 10.3. The zero-order chi connectivity index (χ0) is 12.3. The highest BCUT2D eigenvalue weighted by atomic mass is 16.6. The highest BCUT2D eigenvalue weighted by molar-refractivity contribution is 5.77. The summed E-state index contributed by atoms with van der Waals surface area (Å²) in [4.78, 5) is 11.8. The van der Waals surface area contributed by atoms with Crippen LogP contribution in [0.3, 0.4) is 0 Å². The summed E-state index contributed by atoms with van der Waals surface area (Å²) in [5.41, 5.74) is 2.18. The summed E-state index contributed by atoms with van der Waals surface area (Å²) < 4.78 is 10.3. The van der Waals surface area contributed by atoms with Crippen molar-refractivity contribution in [3.8, 4) is 0 Å². The minimum Gasteiger partial charge on any atom is -0.464 e. The molecule has 0 heterocycles. The predicted octanol–water partition coefficient (Wildman–Crippen LogP) is 2.81. The smallest absolute Gasteiger partial charge is 0.339 e. The third kappa shape index (κ3) is 2.67. The first-order valence-corrected chi connectivity index (χ1v) is 6.06. The van der Waals surface area contributed by atoms with Gasteiger partial charge < -0.3 is 9.47 Å². The van der Waals surface area contributed by atoms with Crippen molar-refractivity contribution in [2.75, 3.05) is 13.7 Å². The number of carbonyl (C=O) groups excluding carboxylic acids is 1. The number of methoxy groups -OCH3 is 1. The lowest BCUT2D eigenvalue weighted by Gasteiger charge is -2.17. The van der Waals surface area contributed by atoms with Crippen molar-refractivity contribution < 1.29 is 14.3 Å². The molecule has 92 valence electrons. The van der Waals surface area contributed by atoms with Crippen molar-refractivity contribution in [1.82, 2.24) is 0 Å². The fourth-order valence-corrected chi connectivity index (χ4v) is 2.08. The van der Waals surface area contributed by atoms with Crippen LogP contribution in [0, 0.1) is 0 Å². The third-order valence-electron chi connectivity index (χ3n) is 3.03. The van der Waals surface area contributed by atoms with Crippen LogP contribution in [0.25, 0.3) is 0 Å². The van der Waals surface area contributed by atoms with E-state index in [4.69, 9.17) is 9.47 Å². The molecule has 1 atom stereocenters. The second-order valence-electron chi connectivity index (χ2n) is 4.27. The van der Waals surface area contributed by atoms with E-state index in [1.165, 1.54) is 18.4 Å². The van der Waals surface area contributed by atoms with Gasteiger partial charge in [-0.15, -0.1) is 0 Å². The standard InChI is InChI=1S/C14H18O3/c1-3-17-14(15)13(16-2)12-7-5-4-6-11(12)10-8-9-10/h4-7,10,13H,3,8-9H2,1-2H3. The van der Waals surface area contributed by atoms with Crippen molar-refractivity contribution in [3.63, 3.8) is 0 Å². The van der Waals surface area contributed by atoms with E-state index in [0.717, 1.165) is 5.56 Å². The first-order valence-electron chi connectivity index (χ1n) is 6.06. The summed E-state index contributed by atoms with van der Waals surface area (Å²) in [6.07, 6.45) is 1.82. The average molecular weight is 234 g/mol. The van der Waals surface area contributed by atoms with Crippen molar-refractivity contribution in [2.24, 2.45) is 0 Å².